The fraction of sp³-hybridized carbons (Fsp3) is 0.914. The largest absolute Gasteiger partial charge is 0.508 e. The lowest BCUT2D eigenvalue weighted by molar-refractivity contribution is -0.0617. The third-order valence-corrected chi connectivity index (χ3v) is 12.0. The molecule has 0 aromatic heterocycles. The molecule has 0 amide bonds. The van der Waals surface area contributed by atoms with Crippen LogP contribution in [0.1, 0.15) is 144 Å². The molecule has 0 aromatic carbocycles. The van der Waals surface area contributed by atoms with Crippen LogP contribution in [0.3, 0.4) is 0 Å². The maximum absolute atomic E-state index is 12.3. The van der Waals surface area contributed by atoms with Gasteiger partial charge in [0, 0.05) is 6.42 Å². The van der Waals surface area contributed by atoms with E-state index in [1.165, 1.54) is 70.6 Å². The second-order valence-corrected chi connectivity index (χ2v) is 14.8. The van der Waals surface area contributed by atoms with E-state index in [4.69, 9.17) is 9.47 Å². The van der Waals surface area contributed by atoms with Gasteiger partial charge < -0.3 is 9.47 Å². The second kappa shape index (κ2) is 13.1. The quantitative estimate of drug-likeness (QED) is 0.143. The summed E-state index contributed by atoms with van der Waals surface area (Å²) in [6.45, 7) is 15.3. The highest BCUT2D eigenvalue weighted by atomic mass is 16.7. The number of hydrogen-bond donors (Lipinski definition) is 0. The van der Waals surface area contributed by atoms with Crippen LogP contribution < -0.4 is 0 Å². The summed E-state index contributed by atoms with van der Waals surface area (Å²) in [4.78, 5) is 12.3. The van der Waals surface area contributed by atoms with Crippen molar-refractivity contribution in [2.45, 2.75) is 150 Å². The van der Waals surface area contributed by atoms with Crippen molar-refractivity contribution < 1.29 is 14.3 Å². The number of allylic oxidation sites excluding steroid dienone is 1. The third kappa shape index (κ3) is 6.49. The molecule has 4 aliphatic carbocycles. The van der Waals surface area contributed by atoms with Crippen LogP contribution in [0.2, 0.25) is 0 Å². The molecule has 0 N–H and O–H groups in total. The van der Waals surface area contributed by atoms with Crippen molar-refractivity contribution in [1.29, 1.82) is 0 Å². The number of carbonyl (C=O) groups is 1. The fourth-order valence-electron chi connectivity index (χ4n) is 9.78. The van der Waals surface area contributed by atoms with Crippen LogP contribution >= 0.6 is 0 Å². The normalized spacial score (nSPS) is 37.1. The summed E-state index contributed by atoms with van der Waals surface area (Å²) >= 11 is 0. The molecule has 0 spiro atoms. The van der Waals surface area contributed by atoms with Crippen LogP contribution in [0.15, 0.2) is 11.6 Å². The van der Waals surface area contributed by atoms with Crippen molar-refractivity contribution in [3.05, 3.63) is 11.6 Å². The molecular formula is C35H60O3. The first-order chi connectivity index (χ1) is 18.2. The number of unbranched alkanes of at least 4 members (excludes halogenated alkanes) is 4. The number of hydrogen-bond acceptors (Lipinski definition) is 3. The van der Waals surface area contributed by atoms with Gasteiger partial charge in [-0.15, -0.1) is 0 Å². The summed E-state index contributed by atoms with van der Waals surface area (Å²) in [6.07, 6.45) is 22.2. The fourth-order valence-corrected chi connectivity index (χ4v) is 9.78. The first-order valence-corrected chi connectivity index (χ1v) is 16.7. The molecular weight excluding hydrogens is 468 g/mol. The van der Waals surface area contributed by atoms with E-state index >= 15 is 0 Å². The minimum absolute atomic E-state index is 0.00475. The minimum Gasteiger partial charge on any atom is -0.434 e. The van der Waals surface area contributed by atoms with E-state index in [9.17, 15) is 4.79 Å². The topological polar surface area (TPSA) is 35.5 Å². The van der Waals surface area contributed by atoms with Crippen LogP contribution in [0, 0.1) is 46.3 Å². The van der Waals surface area contributed by atoms with Crippen molar-refractivity contribution >= 4 is 6.16 Å². The lowest BCUT2D eigenvalue weighted by Crippen LogP contribution is -2.51. The highest BCUT2D eigenvalue weighted by molar-refractivity contribution is 5.60. The Balaban J connectivity index is 1.31. The smallest absolute Gasteiger partial charge is 0.434 e. The molecule has 4 rings (SSSR count). The van der Waals surface area contributed by atoms with Gasteiger partial charge in [-0.3, -0.25) is 0 Å². The van der Waals surface area contributed by atoms with Gasteiger partial charge in [-0.1, -0.05) is 98.1 Å². The SMILES string of the molecule is CCCCCCCOC(=O)OC1CC[C@@]2(C)C(=CC[C@H]3[C@@H]4CC[C@H]([C@H](C)CCCC(C)C)[C@@]4(C)CC[C@@H]32)C1. The van der Waals surface area contributed by atoms with E-state index < -0.39 is 6.16 Å². The van der Waals surface area contributed by atoms with Crippen molar-refractivity contribution in [2.24, 2.45) is 46.3 Å². The van der Waals surface area contributed by atoms with E-state index in [0.717, 1.165) is 67.6 Å². The van der Waals surface area contributed by atoms with Crippen LogP contribution in [-0.2, 0) is 9.47 Å². The van der Waals surface area contributed by atoms with Crippen LogP contribution in [-0.4, -0.2) is 18.9 Å². The zero-order valence-corrected chi connectivity index (χ0v) is 25.9. The average Bonchev–Trinajstić information content (AvgIpc) is 3.23. The van der Waals surface area contributed by atoms with Gasteiger partial charge in [0.2, 0.25) is 0 Å². The molecule has 3 fully saturated rings. The van der Waals surface area contributed by atoms with Crippen LogP contribution in [0.25, 0.3) is 0 Å². The molecule has 0 saturated heterocycles. The summed E-state index contributed by atoms with van der Waals surface area (Å²) in [5, 5.41) is 0. The molecule has 1 unspecified atom stereocenters. The molecule has 3 nitrogen and oxygen atoms in total. The zero-order chi connectivity index (χ0) is 27.3. The predicted octanol–water partition coefficient (Wildman–Crippen LogP) is 10.5. The van der Waals surface area contributed by atoms with E-state index in [-0.39, 0.29) is 6.10 Å². The van der Waals surface area contributed by atoms with Gasteiger partial charge in [0.1, 0.15) is 6.10 Å². The van der Waals surface area contributed by atoms with Crippen molar-refractivity contribution in [3.63, 3.8) is 0 Å². The Bertz CT molecular complexity index is 801. The van der Waals surface area contributed by atoms with E-state index in [0.29, 0.717) is 17.4 Å². The summed E-state index contributed by atoms with van der Waals surface area (Å²) in [6, 6.07) is 0. The number of ether oxygens (including phenoxy) is 2. The molecule has 0 heterocycles. The van der Waals surface area contributed by atoms with Gasteiger partial charge in [-0.2, -0.15) is 0 Å². The van der Waals surface area contributed by atoms with Crippen molar-refractivity contribution in [2.75, 3.05) is 6.61 Å². The number of fused-ring (bicyclic) bond motifs is 5. The number of carbonyl (C=O) groups excluding carboxylic acids is 1. The lowest BCUT2D eigenvalue weighted by Gasteiger charge is -2.58. The molecule has 8 atom stereocenters. The molecule has 3 heteroatoms. The Morgan fingerprint density at radius 2 is 1.74 bits per heavy atom. The Hall–Kier alpha value is -0.990. The highest BCUT2D eigenvalue weighted by Gasteiger charge is 2.59. The van der Waals surface area contributed by atoms with Crippen molar-refractivity contribution in [3.8, 4) is 0 Å². The second-order valence-electron chi connectivity index (χ2n) is 14.8. The van der Waals surface area contributed by atoms with E-state index in [1.54, 1.807) is 5.57 Å². The first kappa shape index (κ1) is 30.0. The van der Waals surface area contributed by atoms with Gasteiger partial charge in [-0.05, 0) is 97.7 Å². The predicted molar refractivity (Wildman–Crippen MR) is 158 cm³/mol. The Morgan fingerprint density at radius 3 is 2.50 bits per heavy atom. The van der Waals surface area contributed by atoms with Gasteiger partial charge in [0.05, 0.1) is 6.61 Å². The number of rotatable bonds is 12. The van der Waals surface area contributed by atoms with Gasteiger partial charge in [0.25, 0.3) is 0 Å². The summed E-state index contributed by atoms with van der Waals surface area (Å²) in [7, 11) is 0. The zero-order valence-electron chi connectivity index (χ0n) is 25.9. The Kier molecular flexibility index (Phi) is 10.3. The van der Waals surface area contributed by atoms with Gasteiger partial charge in [0.15, 0.2) is 0 Å². The van der Waals surface area contributed by atoms with Gasteiger partial charge in [-0.25, -0.2) is 4.79 Å². The molecule has 0 bridgehead atoms. The molecule has 4 aliphatic rings. The van der Waals surface area contributed by atoms with Crippen LogP contribution in [0.5, 0.6) is 0 Å². The maximum atomic E-state index is 12.3. The molecule has 0 radical (unpaired) electrons. The highest BCUT2D eigenvalue weighted by Crippen LogP contribution is 2.67. The molecule has 0 aromatic rings. The average molecular weight is 529 g/mol. The molecule has 218 valence electrons. The summed E-state index contributed by atoms with van der Waals surface area (Å²) in [5.74, 6) is 5.18. The third-order valence-electron chi connectivity index (χ3n) is 12.0. The molecule has 3 saturated carbocycles. The molecule has 38 heavy (non-hydrogen) atoms. The van der Waals surface area contributed by atoms with Gasteiger partial charge >= 0.3 is 6.16 Å². The van der Waals surface area contributed by atoms with Crippen molar-refractivity contribution in [1.82, 2.24) is 0 Å². The Labute approximate surface area is 235 Å². The standard InChI is InChI=1S/C35H60O3/c1-7-8-9-10-11-23-37-33(36)38-28-19-21-34(5)27(24-28)15-16-29-31-18-17-30(26(4)14-12-13-25(2)3)35(31,6)22-20-32(29)34/h15,25-26,28-32H,7-14,16-24H2,1-6H3/t26-,28?,29+,30-,31+,32+,34+,35-/m1/s1. The lowest BCUT2D eigenvalue weighted by atomic mass is 9.47. The summed E-state index contributed by atoms with van der Waals surface area (Å²) < 4.78 is 11.2. The van der Waals surface area contributed by atoms with E-state index in [1.807, 2.05) is 0 Å². The maximum Gasteiger partial charge on any atom is 0.508 e. The van der Waals surface area contributed by atoms with Crippen LogP contribution in [0.4, 0.5) is 4.79 Å². The van der Waals surface area contributed by atoms with E-state index in [2.05, 4.69) is 47.6 Å². The monoisotopic (exact) mass is 528 g/mol. The molecule has 0 aliphatic heterocycles. The summed E-state index contributed by atoms with van der Waals surface area (Å²) in [5.41, 5.74) is 2.43. The Morgan fingerprint density at radius 1 is 0.947 bits per heavy atom. The minimum atomic E-state index is -0.448. The first-order valence-electron chi connectivity index (χ1n) is 16.7.